The minimum Gasteiger partial charge on any atom is -0.365 e. The average Bonchev–Trinajstić information content (AvgIpc) is 2.82. The first-order chi connectivity index (χ1) is 15.8. The Morgan fingerprint density at radius 1 is 0.848 bits per heavy atom. The van der Waals surface area contributed by atoms with Crippen molar-refractivity contribution in [2.75, 3.05) is 44.2 Å². The van der Waals surface area contributed by atoms with Gasteiger partial charge in [0, 0.05) is 56.5 Å². The van der Waals surface area contributed by atoms with Crippen molar-refractivity contribution in [1.29, 1.82) is 0 Å². The molecule has 8 nitrogen and oxygen atoms in total. The third-order valence-electron chi connectivity index (χ3n) is 6.50. The van der Waals surface area contributed by atoms with Gasteiger partial charge in [0.2, 0.25) is 0 Å². The number of nitrogens with zero attached hydrogens (tertiary/aromatic N) is 4. The van der Waals surface area contributed by atoms with E-state index in [-0.39, 0.29) is 17.5 Å². The number of rotatable bonds is 4. The van der Waals surface area contributed by atoms with E-state index in [1.54, 1.807) is 34.1 Å². The Hall–Kier alpha value is -3.42. The highest BCUT2D eigenvalue weighted by Gasteiger charge is 2.30. The largest absolute Gasteiger partial charge is 0.365 e. The summed E-state index contributed by atoms with van der Waals surface area (Å²) in [6.07, 6.45) is 1.11. The van der Waals surface area contributed by atoms with Crippen molar-refractivity contribution in [1.82, 2.24) is 9.80 Å². The van der Waals surface area contributed by atoms with Crippen LogP contribution in [0, 0.1) is 22.0 Å². The number of piperidine rings is 1. The molecule has 2 saturated heterocycles. The summed E-state index contributed by atoms with van der Waals surface area (Å²) in [5.41, 5.74) is 1.49. The molecule has 0 N–H and O–H groups in total. The van der Waals surface area contributed by atoms with E-state index >= 15 is 0 Å². The summed E-state index contributed by atoms with van der Waals surface area (Å²) in [6, 6.07) is 13.9. The van der Waals surface area contributed by atoms with Crippen LogP contribution in [0.5, 0.6) is 0 Å². The van der Waals surface area contributed by atoms with Gasteiger partial charge >= 0.3 is 0 Å². The van der Waals surface area contributed by atoms with Crippen molar-refractivity contribution >= 4 is 23.2 Å². The first-order valence-electron chi connectivity index (χ1n) is 11.5. The van der Waals surface area contributed by atoms with Gasteiger partial charge in [-0.25, -0.2) is 0 Å². The quantitative estimate of drug-likeness (QED) is 0.524. The molecular weight excluding hydrogens is 420 g/mol. The second kappa shape index (κ2) is 9.60. The molecule has 2 fully saturated rings. The van der Waals surface area contributed by atoms with Crippen molar-refractivity contribution < 1.29 is 14.5 Å². The number of anilines is 1. The maximum atomic E-state index is 13.1. The SMILES string of the molecule is CC1CC(C)CN(c2ccc(C(=O)N3CCN(C(=O)c4ccccc4)CC3)cc2[N+](=O)[O-])C1. The number of nitro groups is 1. The molecule has 2 aromatic carbocycles. The number of piperazine rings is 1. The number of carbonyl (C=O) groups excluding carboxylic acids is 2. The molecule has 174 valence electrons. The highest BCUT2D eigenvalue weighted by atomic mass is 16.6. The van der Waals surface area contributed by atoms with Crippen LogP contribution >= 0.6 is 0 Å². The van der Waals surface area contributed by atoms with E-state index in [1.165, 1.54) is 6.07 Å². The maximum Gasteiger partial charge on any atom is 0.293 e. The van der Waals surface area contributed by atoms with Gasteiger partial charge in [0.1, 0.15) is 5.69 Å². The van der Waals surface area contributed by atoms with Gasteiger partial charge in [-0.1, -0.05) is 32.0 Å². The van der Waals surface area contributed by atoms with Gasteiger partial charge < -0.3 is 14.7 Å². The van der Waals surface area contributed by atoms with Gasteiger partial charge in [0.05, 0.1) is 4.92 Å². The molecule has 0 aliphatic carbocycles. The molecule has 2 amide bonds. The first kappa shape index (κ1) is 22.8. The lowest BCUT2D eigenvalue weighted by atomic mass is 9.91. The Kier molecular flexibility index (Phi) is 6.62. The van der Waals surface area contributed by atoms with Crippen LogP contribution in [0.25, 0.3) is 0 Å². The molecule has 0 radical (unpaired) electrons. The van der Waals surface area contributed by atoms with E-state index in [0.717, 1.165) is 19.5 Å². The standard InChI is InChI=1S/C25H30N4O4/c1-18-14-19(2)17-28(16-18)22-9-8-21(15-23(22)29(32)33)25(31)27-12-10-26(11-13-27)24(30)20-6-4-3-5-7-20/h3-9,15,18-19H,10-14,16-17H2,1-2H3. The Balaban J connectivity index is 1.46. The molecule has 0 saturated carbocycles. The molecule has 2 aliphatic rings. The van der Waals surface area contributed by atoms with Crippen LogP contribution in [0.15, 0.2) is 48.5 Å². The molecule has 2 aliphatic heterocycles. The predicted molar refractivity (Wildman–Crippen MR) is 127 cm³/mol. The zero-order chi connectivity index (χ0) is 23.5. The number of carbonyl (C=O) groups is 2. The van der Waals surface area contributed by atoms with E-state index in [1.807, 2.05) is 18.2 Å². The Bertz CT molecular complexity index is 1020. The minimum atomic E-state index is -0.396. The average molecular weight is 451 g/mol. The van der Waals surface area contributed by atoms with E-state index in [0.29, 0.717) is 54.8 Å². The topological polar surface area (TPSA) is 87.0 Å². The fourth-order valence-corrected chi connectivity index (χ4v) is 4.99. The van der Waals surface area contributed by atoms with Crippen LogP contribution in [0.2, 0.25) is 0 Å². The fourth-order valence-electron chi connectivity index (χ4n) is 4.99. The fraction of sp³-hybridized carbons (Fsp3) is 0.440. The second-order valence-electron chi connectivity index (χ2n) is 9.26. The summed E-state index contributed by atoms with van der Waals surface area (Å²) < 4.78 is 0. The van der Waals surface area contributed by atoms with Gasteiger partial charge in [-0.3, -0.25) is 19.7 Å². The van der Waals surface area contributed by atoms with Crippen molar-refractivity contribution in [3.63, 3.8) is 0 Å². The van der Waals surface area contributed by atoms with Crippen LogP contribution in [0.3, 0.4) is 0 Å². The van der Waals surface area contributed by atoms with E-state index in [9.17, 15) is 19.7 Å². The molecule has 33 heavy (non-hydrogen) atoms. The lowest BCUT2D eigenvalue weighted by molar-refractivity contribution is -0.384. The van der Waals surface area contributed by atoms with Crippen LogP contribution in [-0.4, -0.2) is 65.8 Å². The van der Waals surface area contributed by atoms with Crippen molar-refractivity contribution in [3.05, 3.63) is 69.8 Å². The molecule has 8 heteroatoms. The third-order valence-corrected chi connectivity index (χ3v) is 6.50. The highest BCUT2D eigenvalue weighted by molar-refractivity contribution is 5.97. The number of nitro benzene ring substituents is 1. The summed E-state index contributed by atoms with van der Waals surface area (Å²) in [7, 11) is 0. The Labute approximate surface area is 193 Å². The van der Waals surface area contributed by atoms with Crippen LogP contribution in [0.4, 0.5) is 11.4 Å². The normalized spacial score (nSPS) is 21.1. The van der Waals surface area contributed by atoms with E-state index in [4.69, 9.17) is 0 Å². The molecule has 2 aromatic rings. The van der Waals surface area contributed by atoms with Gasteiger partial charge in [0.15, 0.2) is 0 Å². The molecule has 0 bridgehead atoms. The summed E-state index contributed by atoms with van der Waals surface area (Å²) in [5.74, 6) is 0.638. The van der Waals surface area contributed by atoms with Gasteiger partial charge in [-0.2, -0.15) is 0 Å². The minimum absolute atomic E-state index is 0.0277. The maximum absolute atomic E-state index is 13.1. The zero-order valence-corrected chi connectivity index (χ0v) is 19.1. The molecule has 0 aromatic heterocycles. The zero-order valence-electron chi connectivity index (χ0n) is 19.1. The second-order valence-corrected chi connectivity index (χ2v) is 9.26. The highest BCUT2D eigenvalue weighted by Crippen LogP contribution is 2.34. The van der Waals surface area contributed by atoms with Crippen LogP contribution < -0.4 is 4.90 Å². The third kappa shape index (κ3) is 4.99. The van der Waals surface area contributed by atoms with E-state index < -0.39 is 4.92 Å². The number of benzene rings is 2. The molecule has 0 spiro atoms. The van der Waals surface area contributed by atoms with Gasteiger partial charge in [-0.05, 0) is 42.5 Å². The smallest absolute Gasteiger partial charge is 0.293 e. The molecule has 2 heterocycles. The van der Waals surface area contributed by atoms with Crippen LogP contribution in [0.1, 0.15) is 41.0 Å². The van der Waals surface area contributed by atoms with Crippen LogP contribution in [-0.2, 0) is 0 Å². The summed E-state index contributed by atoms with van der Waals surface area (Å²) in [6.45, 7) is 7.53. The number of hydrogen-bond donors (Lipinski definition) is 0. The Morgan fingerprint density at radius 3 is 1.94 bits per heavy atom. The summed E-state index contributed by atoms with van der Waals surface area (Å²) in [4.78, 5) is 42.7. The number of hydrogen-bond acceptors (Lipinski definition) is 5. The van der Waals surface area contributed by atoms with Gasteiger partial charge in [-0.15, -0.1) is 0 Å². The lowest BCUT2D eigenvalue weighted by Gasteiger charge is -2.36. The molecule has 2 unspecified atom stereocenters. The molecule has 2 atom stereocenters. The van der Waals surface area contributed by atoms with Crippen molar-refractivity contribution in [2.24, 2.45) is 11.8 Å². The Morgan fingerprint density at radius 2 is 1.39 bits per heavy atom. The molecular formula is C25H30N4O4. The lowest BCUT2D eigenvalue weighted by Crippen LogP contribution is -2.50. The summed E-state index contributed by atoms with van der Waals surface area (Å²) >= 11 is 0. The predicted octanol–water partition coefficient (Wildman–Crippen LogP) is 3.68. The van der Waals surface area contributed by atoms with Gasteiger partial charge in [0.25, 0.3) is 17.5 Å². The first-order valence-corrected chi connectivity index (χ1v) is 11.5. The monoisotopic (exact) mass is 450 g/mol. The van der Waals surface area contributed by atoms with Crippen molar-refractivity contribution in [2.45, 2.75) is 20.3 Å². The van der Waals surface area contributed by atoms with Crippen molar-refractivity contribution in [3.8, 4) is 0 Å². The molecule has 4 rings (SSSR count). The van der Waals surface area contributed by atoms with E-state index in [2.05, 4.69) is 18.7 Å². The summed E-state index contributed by atoms with van der Waals surface area (Å²) in [5, 5.41) is 11.8. The number of amides is 2.